The van der Waals surface area contributed by atoms with Gasteiger partial charge in [0.2, 0.25) is 5.90 Å². The van der Waals surface area contributed by atoms with Gasteiger partial charge in [-0.2, -0.15) is 0 Å². The van der Waals surface area contributed by atoms with Crippen molar-refractivity contribution in [1.82, 2.24) is 0 Å². The monoisotopic (exact) mass is 399 g/mol. The number of esters is 2. The Balaban J connectivity index is 1.87. The van der Waals surface area contributed by atoms with Crippen LogP contribution in [0, 0.1) is 5.82 Å². The van der Waals surface area contributed by atoms with E-state index in [1.807, 2.05) is 0 Å². The van der Waals surface area contributed by atoms with Crippen LogP contribution in [0.4, 0.5) is 4.39 Å². The SMILES string of the molecule is CCOc1cc(/C=C2\N=C(c3ccccc3F)OC2=O)ccc1OCC(=O)OC. The van der Waals surface area contributed by atoms with Crippen LogP contribution >= 0.6 is 0 Å². The topological polar surface area (TPSA) is 83.4 Å². The Morgan fingerprint density at radius 1 is 1.17 bits per heavy atom. The van der Waals surface area contributed by atoms with E-state index in [4.69, 9.17) is 14.2 Å². The van der Waals surface area contributed by atoms with Crippen LogP contribution in [-0.4, -0.2) is 38.2 Å². The maximum atomic E-state index is 13.9. The van der Waals surface area contributed by atoms with Crippen molar-refractivity contribution in [2.45, 2.75) is 6.92 Å². The molecule has 0 amide bonds. The first kappa shape index (κ1) is 20.1. The van der Waals surface area contributed by atoms with E-state index in [0.29, 0.717) is 23.7 Å². The number of carbonyl (C=O) groups is 2. The van der Waals surface area contributed by atoms with Crippen molar-refractivity contribution in [3.63, 3.8) is 0 Å². The van der Waals surface area contributed by atoms with Gasteiger partial charge in [-0.05, 0) is 42.8 Å². The summed E-state index contributed by atoms with van der Waals surface area (Å²) >= 11 is 0. The molecule has 8 heteroatoms. The Morgan fingerprint density at radius 2 is 1.97 bits per heavy atom. The van der Waals surface area contributed by atoms with Gasteiger partial charge in [0.25, 0.3) is 0 Å². The Labute approximate surface area is 166 Å². The molecule has 0 spiro atoms. The van der Waals surface area contributed by atoms with Crippen molar-refractivity contribution < 1.29 is 32.9 Å². The summed E-state index contributed by atoms with van der Waals surface area (Å²) in [6.07, 6.45) is 1.49. The van der Waals surface area contributed by atoms with Crippen molar-refractivity contribution in [3.8, 4) is 11.5 Å². The minimum Gasteiger partial charge on any atom is -0.490 e. The number of hydrogen-bond donors (Lipinski definition) is 0. The van der Waals surface area contributed by atoms with Crippen molar-refractivity contribution >= 4 is 23.9 Å². The van der Waals surface area contributed by atoms with Gasteiger partial charge in [0, 0.05) is 0 Å². The van der Waals surface area contributed by atoms with Crippen molar-refractivity contribution in [2.24, 2.45) is 4.99 Å². The normalized spacial score (nSPS) is 14.4. The van der Waals surface area contributed by atoms with E-state index in [2.05, 4.69) is 9.73 Å². The number of hydrogen-bond acceptors (Lipinski definition) is 7. The standard InChI is InChI=1S/C21H18FNO6/c1-3-27-18-11-13(8-9-17(18)28-12-19(24)26-2)10-16-21(25)29-20(23-16)14-6-4-5-7-15(14)22/h4-11H,3,12H2,1-2H3/b16-10-. The average molecular weight is 399 g/mol. The highest BCUT2D eigenvalue weighted by Crippen LogP contribution is 2.30. The highest BCUT2D eigenvalue weighted by atomic mass is 19.1. The number of cyclic esters (lactones) is 1. The minimum absolute atomic E-state index is 0.0222. The Kier molecular flexibility index (Phi) is 6.23. The lowest BCUT2D eigenvalue weighted by atomic mass is 10.1. The molecule has 1 heterocycles. The molecule has 0 unspecified atom stereocenters. The zero-order valence-corrected chi connectivity index (χ0v) is 15.8. The lowest BCUT2D eigenvalue weighted by Crippen LogP contribution is -2.13. The lowest BCUT2D eigenvalue weighted by molar-refractivity contribution is -0.143. The summed E-state index contributed by atoms with van der Waals surface area (Å²) in [5.74, 6) is -1.11. The summed E-state index contributed by atoms with van der Waals surface area (Å²) in [6, 6.07) is 10.8. The van der Waals surface area contributed by atoms with Gasteiger partial charge in [-0.3, -0.25) is 0 Å². The first-order chi connectivity index (χ1) is 14.0. The van der Waals surface area contributed by atoms with E-state index in [1.165, 1.54) is 31.4 Å². The molecular formula is C21H18FNO6. The molecule has 0 radical (unpaired) electrons. The van der Waals surface area contributed by atoms with E-state index in [0.717, 1.165) is 0 Å². The van der Waals surface area contributed by atoms with E-state index in [9.17, 15) is 14.0 Å². The molecule has 0 N–H and O–H groups in total. The molecule has 1 aliphatic rings. The van der Waals surface area contributed by atoms with Gasteiger partial charge in [0.1, 0.15) is 5.82 Å². The summed E-state index contributed by atoms with van der Waals surface area (Å²) in [7, 11) is 1.27. The molecule has 0 saturated heterocycles. The Morgan fingerprint density at radius 3 is 2.69 bits per heavy atom. The second-order valence-electron chi connectivity index (χ2n) is 5.82. The highest BCUT2D eigenvalue weighted by molar-refractivity contribution is 6.12. The quantitative estimate of drug-likeness (QED) is 0.526. The molecule has 3 rings (SSSR count). The molecule has 0 aliphatic carbocycles. The fraction of sp³-hybridized carbons (Fsp3) is 0.190. The van der Waals surface area contributed by atoms with Crippen LogP contribution in [0.1, 0.15) is 18.1 Å². The molecule has 2 aromatic rings. The van der Waals surface area contributed by atoms with E-state index < -0.39 is 17.8 Å². The third kappa shape index (κ3) is 4.78. The van der Waals surface area contributed by atoms with Gasteiger partial charge >= 0.3 is 11.9 Å². The van der Waals surface area contributed by atoms with Gasteiger partial charge in [0.15, 0.2) is 23.8 Å². The van der Waals surface area contributed by atoms with Crippen LogP contribution in [0.5, 0.6) is 11.5 Å². The van der Waals surface area contributed by atoms with Crippen LogP contribution in [0.3, 0.4) is 0 Å². The third-order valence-corrected chi connectivity index (χ3v) is 3.87. The molecule has 29 heavy (non-hydrogen) atoms. The first-order valence-corrected chi connectivity index (χ1v) is 8.75. The van der Waals surface area contributed by atoms with Gasteiger partial charge in [-0.15, -0.1) is 0 Å². The molecule has 2 aromatic carbocycles. The number of rotatable bonds is 7. The maximum absolute atomic E-state index is 13.9. The largest absolute Gasteiger partial charge is 0.490 e. The van der Waals surface area contributed by atoms with E-state index in [1.54, 1.807) is 31.2 Å². The van der Waals surface area contributed by atoms with Crippen molar-refractivity contribution in [1.29, 1.82) is 0 Å². The summed E-state index contributed by atoms with van der Waals surface area (Å²) in [6.45, 7) is 1.90. The maximum Gasteiger partial charge on any atom is 0.363 e. The molecular weight excluding hydrogens is 381 g/mol. The number of nitrogens with zero attached hydrogens (tertiary/aromatic N) is 1. The highest BCUT2D eigenvalue weighted by Gasteiger charge is 2.26. The van der Waals surface area contributed by atoms with Gasteiger partial charge < -0.3 is 18.9 Å². The first-order valence-electron chi connectivity index (χ1n) is 8.75. The predicted octanol–water partition coefficient (Wildman–Crippen LogP) is 3.12. The zero-order chi connectivity index (χ0) is 20.8. The number of benzene rings is 2. The second kappa shape index (κ2) is 9.01. The van der Waals surface area contributed by atoms with Crippen LogP contribution in [-0.2, 0) is 19.1 Å². The lowest BCUT2D eigenvalue weighted by Gasteiger charge is -2.11. The van der Waals surface area contributed by atoms with Crippen molar-refractivity contribution in [3.05, 3.63) is 65.1 Å². The fourth-order valence-electron chi connectivity index (χ4n) is 2.51. The number of methoxy groups -OCH3 is 1. The van der Waals surface area contributed by atoms with Crippen LogP contribution in [0.15, 0.2) is 53.2 Å². The van der Waals surface area contributed by atoms with Crippen LogP contribution in [0.2, 0.25) is 0 Å². The fourth-order valence-corrected chi connectivity index (χ4v) is 2.51. The van der Waals surface area contributed by atoms with Crippen LogP contribution < -0.4 is 9.47 Å². The second-order valence-corrected chi connectivity index (χ2v) is 5.82. The van der Waals surface area contributed by atoms with Crippen molar-refractivity contribution in [2.75, 3.05) is 20.3 Å². The van der Waals surface area contributed by atoms with Crippen LogP contribution in [0.25, 0.3) is 6.08 Å². The molecule has 0 saturated carbocycles. The Hall–Kier alpha value is -3.68. The molecule has 0 bridgehead atoms. The predicted molar refractivity (Wildman–Crippen MR) is 102 cm³/mol. The summed E-state index contributed by atoms with van der Waals surface area (Å²) < 4.78 is 34.5. The molecule has 0 fully saturated rings. The molecule has 7 nitrogen and oxygen atoms in total. The zero-order valence-electron chi connectivity index (χ0n) is 15.8. The molecule has 0 aromatic heterocycles. The molecule has 150 valence electrons. The minimum atomic E-state index is -0.688. The smallest absolute Gasteiger partial charge is 0.363 e. The molecule has 0 atom stereocenters. The van der Waals surface area contributed by atoms with Gasteiger partial charge in [-0.1, -0.05) is 18.2 Å². The number of halogens is 1. The summed E-state index contributed by atoms with van der Waals surface area (Å²) in [4.78, 5) is 27.5. The number of ether oxygens (including phenoxy) is 4. The number of aliphatic imine (C=N–C) groups is 1. The summed E-state index contributed by atoms with van der Waals surface area (Å²) in [5.41, 5.74) is 0.712. The number of carbonyl (C=O) groups excluding carboxylic acids is 2. The summed E-state index contributed by atoms with van der Waals surface area (Å²) in [5, 5.41) is 0. The van der Waals surface area contributed by atoms with Gasteiger partial charge in [0.05, 0.1) is 19.3 Å². The van der Waals surface area contributed by atoms with E-state index in [-0.39, 0.29) is 23.8 Å². The Bertz CT molecular complexity index is 998. The van der Waals surface area contributed by atoms with E-state index >= 15 is 0 Å². The average Bonchev–Trinajstić information content (AvgIpc) is 3.07. The third-order valence-electron chi connectivity index (χ3n) is 3.87. The molecule has 1 aliphatic heterocycles. The van der Waals surface area contributed by atoms with Gasteiger partial charge in [-0.25, -0.2) is 19.0 Å².